The number of benzene rings is 2. The quantitative estimate of drug-likeness (QED) is 0.305. The number of piperidine rings is 1. The van der Waals surface area contributed by atoms with Gasteiger partial charge in [0.05, 0.1) is 21.8 Å². The van der Waals surface area contributed by atoms with E-state index in [1.165, 1.54) is 18.3 Å². The number of imidazole rings is 1. The monoisotopic (exact) mass is 532 g/mol. The Hall–Kier alpha value is -2.94. The predicted molar refractivity (Wildman–Crippen MR) is 142 cm³/mol. The molecule has 0 atom stereocenters. The fourth-order valence-corrected chi connectivity index (χ4v) is 4.80. The molecule has 0 amide bonds. The van der Waals surface area contributed by atoms with Gasteiger partial charge in [0, 0.05) is 24.7 Å². The van der Waals surface area contributed by atoms with Crippen LogP contribution in [0.2, 0.25) is 10.0 Å². The standard InChI is InChI=1S/C26H28Cl2F2N6/c1-16(33-14-18-5-6-19(29)13-22(18)30)34-15-23-25(31)36(12-9-17-7-10-32-11-8-17)26(35-23)24-20(27)3-2-4-21(24)28/h2-6,13,15,17,32-33H,1,7-12,14,31H2. The lowest BCUT2D eigenvalue weighted by atomic mass is 9.94. The minimum absolute atomic E-state index is 0.100. The smallest absolute Gasteiger partial charge is 0.145 e. The lowest BCUT2D eigenvalue weighted by molar-refractivity contribution is 0.339. The van der Waals surface area contributed by atoms with Crippen LogP contribution < -0.4 is 16.4 Å². The van der Waals surface area contributed by atoms with Gasteiger partial charge < -0.3 is 20.9 Å². The summed E-state index contributed by atoms with van der Waals surface area (Å²) in [5.41, 5.74) is 7.87. The largest absolute Gasteiger partial charge is 0.383 e. The summed E-state index contributed by atoms with van der Waals surface area (Å²) in [7, 11) is 0. The van der Waals surface area contributed by atoms with Gasteiger partial charge in [-0.05, 0) is 56.5 Å². The molecule has 1 aliphatic rings. The van der Waals surface area contributed by atoms with Gasteiger partial charge in [-0.1, -0.05) is 41.9 Å². The number of nitrogens with two attached hydrogens (primary N) is 1. The first-order valence-electron chi connectivity index (χ1n) is 11.8. The van der Waals surface area contributed by atoms with Crippen molar-refractivity contribution in [3.05, 3.63) is 81.7 Å². The van der Waals surface area contributed by atoms with Crippen LogP contribution in [0.5, 0.6) is 0 Å². The Labute approximate surface area is 219 Å². The molecule has 2 aromatic carbocycles. The van der Waals surface area contributed by atoms with Crippen LogP contribution in [0.3, 0.4) is 0 Å². The first-order valence-corrected chi connectivity index (χ1v) is 12.5. The fraction of sp³-hybridized carbons (Fsp3) is 0.308. The molecule has 1 aromatic heterocycles. The summed E-state index contributed by atoms with van der Waals surface area (Å²) in [6.07, 6.45) is 4.68. The molecule has 0 bridgehead atoms. The van der Waals surface area contributed by atoms with Gasteiger partial charge in [0.25, 0.3) is 0 Å². The predicted octanol–water partition coefficient (Wildman–Crippen LogP) is 5.79. The lowest BCUT2D eigenvalue weighted by Gasteiger charge is -2.23. The number of rotatable bonds is 9. The molecule has 3 aromatic rings. The van der Waals surface area contributed by atoms with Gasteiger partial charge in [-0.15, -0.1) is 0 Å². The summed E-state index contributed by atoms with van der Waals surface area (Å²) in [6.45, 7) is 6.64. The normalized spacial score (nSPS) is 14.4. The summed E-state index contributed by atoms with van der Waals surface area (Å²) in [5, 5.41) is 7.25. The summed E-state index contributed by atoms with van der Waals surface area (Å²) in [4.78, 5) is 9.02. The number of hydrogen-bond donors (Lipinski definition) is 3. The lowest BCUT2D eigenvalue weighted by Crippen LogP contribution is -2.28. The molecule has 190 valence electrons. The molecule has 36 heavy (non-hydrogen) atoms. The molecule has 0 aliphatic carbocycles. The van der Waals surface area contributed by atoms with Crippen LogP contribution in [0.4, 0.5) is 14.6 Å². The van der Waals surface area contributed by atoms with E-state index in [0.717, 1.165) is 38.4 Å². The number of nitrogen functional groups attached to an aromatic ring is 1. The van der Waals surface area contributed by atoms with Crippen LogP contribution >= 0.6 is 23.2 Å². The molecule has 2 heterocycles. The second-order valence-corrected chi connectivity index (χ2v) is 9.54. The van der Waals surface area contributed by atoms with Crippen LogP contribution in [0.1, 0.15) is 30.5 Å². The van der Waals surface area contributed by atoms with E-state index in [0.29, 0.717) is 51.0 Å². The molecule has 4 N–H and O–H groups in total. The van der Waals surface area contributed by atoms with Gasteiger partial charge in [-0.2, -0.15) is 0 Å². The highest BCUT2D eigenvalue weighted by molar-refractivity contribution is 6.39. The van der Waals surface area contributed by atoms with Crippen molar-refractivity contribution >= 4 is 35.2 Å². The van der Waals surface area contributed by atoms with Crippen LogP contribution in [0, 0.1) is 17.6 Å². The van der Waals surface area contributed by atoms with E-state index in [4.69, 9.17) is 33.9 Å². The third-order valence-electron chi connectivity index (χ3n) is 6.28. The Kier molecular flexibility index (Phi) is 8.61. The molecule has 1 aliphatic heterocycles. The van der Waals surface area contributed by atoms with Gasteiger partial charge in [-0.3, -0.25) is 0 Å². The van der Waals surface area contributed by atoms with Crippen LogP contribution in [-0.2, 0) is 13.1 Å². The molecule has 6 nitrogen and oxygen atoms in total. The summed E-state index contributed by atoms with van der Waals surface area (Å²) < 4.78 is 28.9. The molecular formula is C26H28Cl2F2N6. The number of hydrogen-bond acceptors (Lipinski definition) is 5. The Bertz CT molecular complexity index is 1250. The van der Waals surface area contributed by atoms with Crippen molar-refractivity contribution in [1.29, 1.82) is 0 Å². The summed E-state index contributed by atoms with van der Waals surface area (Å²) >= 11 is 13.0. The molecule has 0 radical (unpaired) electrons. The fourth-order valence-electron chi connectivity index (χ4n) is 4.24. The van der Waals surface area contributed by atoms with E-state index in [-0.39, 0.29) is 12.4 Å². The van der Waals surface area contributed by atoms with E-state index < -0.39 is 11.6 Å². The van der Waals surface area contributed by atoms with Crippen molar-refractivity contribution in [3.63, 3.8) is 0 Å². The van der Waals surface area contributed by atoms with E-state index >= 15 is 0 Å². The van der Waals surface area contributed by atoms with Gasteiger partial charge in [0.15, 0.2) is 0 Å². The highest BCUT2D eigenvalue weighted by Gasteiger charge is 2.21. The number of aromatic nitrogens is 2. The Morgan fingerprint density at radius 3 is 2.64 bits per heavy atom. The number of nitrogens with one attached hydrogen (secondary N) is 2. The average molecular weight is 533 g/mol. The van der Waals surface area contributed by atoms with E-state index in [9.17, 15) is 8.78 Å². The minimum atomic E-state index is -0.641. The Balaban J connectivity index is 1.55. The van der Waals surface area contributed by atoms with Gasteiger partial charge in [0.2, 0.25) is 0 Å². The Morgan fingerprint density at radius 2 is 1.94 bits per heavy atom. The molecular weight excluding hydrogens is 505 g/mol. The summed E-state index contributed by atoms with van der Waals surface area (Å²) in [6, 6.07) is 8.71. The third kappa shape index (κ3) is 6.24. The zero-order valence-electron chi connectivity index (χ0n) is 19.7. The van der Waals surface area contributed by atoms with E-state index in [2.05, 4.69) is 22.2 Å². The maximum absolute atomic E-state index is 13.9. The molecule has 1 fully saturated rings. The van der Waals surface area contributed by atoms with Gasteiger partial charge in [-0.25, -0.2) is 18.8 Å². The zero-order valence-corrected chi connectivity index (χ0v) is 21.2. The van der Waals surface area contributed by atoms with E-state index in [1.54, 1.807) is 18.2 Å². The third-order valence-corrected chi connectivity index (χ3v) is 6.91. The number of anilines is 1. The molecule has 1 saturated heterocycles. The van der Waals surface area contributed by atoms with Gasteiger partial charge in [0.1, 0.15) is 34.8 Å². The topological polar surface area (TPSA) is 80.3 Å². The van der Waals surface area contributed by atoms with Crippen molar-refractivity contribution in [2.24, 2.45) is 10.9 Å². The number of nitrogens with zero attached hydrogens (tertiary/aromatic N) is 3. The van der Waals surface area contributed by atoms with Crippen molar-refractivity contribution in [2.45, 2.75) is 32.4 Å². The first-order chi connectivity index (χ1) is 17.3. The number of halogens is 4. The zero-order chi connectivity index (χ0) is 25.7. The van der Waals surface area contributed by atoms with Crippen molar-refractivity contribution in [2.75, 3.05) is 18.8 Å². The van der Waals surface area contributed by atoms with Crippen LogP contribution in [0.25, 0.3) is 11.4 Å². The van der Waals surface area contributed by atoms with Gasteiger partial charge >= 0.3 is 0 Å². The highest BCUT2D eigenvalue weighted by Crippen LogP contribution is 2.36. The van der Waals surface area contributed by atoms with Crippen molar-refractivity contribution in [3.8, 4) is 11.4 Å². The second-order valence-electron chi connectivity index (χ2n) is 8.73. The Morgan fingerprint density at radius 1 is 1.22 bits per heavy atom. The second kappa shape index (κ2) is 11.9. The molecule has 0 unspecified atom stereocenters. The number of aliphatic imine (C=N–C) groups is 1. The van der Waals surface area contributed by atoms with E-state index in [1.807, 2.05) is 4.57 Å². The summed E-state index contributed by atoms with van der Waals surface area (Å²) in [5.74, 6) is 0.614. The minimum Gasteiger partial charge on any atom is -0.383 e. The molecule has 4 rings (SSSR count). The first kappa shape index (κ1) is 26.1. The molecule has 10 heteroatoms. The van der Waals surface area contributed by atoms with Crippen LogP contribution in [-0.4, -0.2) is 28.9 Å². The van der Waals surface area contributed by atoms with Crippen molar-refractivity contribution < 1.29 is 8.78 Å². The maximum atomic E-state index is 13.9. The van der Waals surface area contributed by atoms with Crippen LogP contribution in [0.15, 0.2) is 53.8 Å². The van der Waals surface area contributed by atoms with Crippen molar-refractivity contribution in [1.82, 2.24) is 20.2 Å². The molecule has 0 saturated carbocycles. The molecule has 0 spiro atoms. The SMILES string of the molecule is C=C(N=Cc1nc(-c2c(Cl)cccc2Cl)n(CCC2CCNCC2)c1N)NCc1ccc(F)cc1F. The maximum Gasteiger partial charge on any atom is 0.145 e. The highest BCUT2D eigenvalue weighted by atomic mass is 35.5. The average Bonchev–Trinajstić information content (AvgIpc) is 3.16.